The standard InChI is InChI=1S/C57H40N6/c1-37-27-30-45(38(2)33-37)43-28-31-52-47(34-43)46-25-15-16-26-51(46)63(52)53-32-29-44(56-58-49(39-17-7-3-8-18-39)36-50(59-56)40-19-9-4-10-20-40)35-48(53)57-61-54(41-21-11-5-12-22-41)60-55(62-57)42-23-13-6-14-24-42/h3-36H,1-2H3. The largest absolute Gasteiger partial charge is 0.309 e. The number of nitrogens with zero attached hydrogens (tertiary/aromatic N) is 6. The Balaban J connectivity index is 1.19. The van der Waals surface area contributed by atoms with E-state index >= 15 is 0 Å². The predicted octanol–water partition coefficient (Wildman–Crippen LogP) is 14.0. The van der Waals surface area contributed by atoms with E-state index in [1.807, 2.05) is 97.1 Å². The van der Waals surface area contributed by atoms with E-state index in [2.05, 4.69) is 128 Å². The monoisotopic (exact) mass is 808 g/mol. The first-order valence-electron chi connectivity index (χ1n) is 21.2. The third-order valence-electron chi connectivity index (χ3n) is 11.7. The molecule has 11 rings (SSSR count). The van der Waals surface area contributed by atoms with Crippen molar-refractivity contribution in [2.45, 2.75) is 13.8 Å². The molecule has 0 spiro atoms. The third-order valence-corrected chi connectivity index (χ3v) is 11.7. The summed E-state index contributed by atoms with van der Waals surface area (Å²) in [5.74, 6) is 2.32. The maximum Gasteiger partial charge on any atom is 0.166 e. The molecular formula is C57H40N6. The molecule has 3 heterocycles. The van der Waals surface area contributed by atoms with E-state index in [-0.39, 0.29) is 0 Å². The fourth-order valence-electron chi connectivity index (χ4n) is 8.61. The minimum absolute atomic E-state index is 0.542. The number of hydrogen-bond donors (Lipinski definition) is 0. The molecule has 11 aromatic rings. The van der Waals surface area contributed by atoms with Crippen LogP contribution in [0, 0.1) is 13.8 Å². The van der Waals surface area contributed by atoms with E-state index in [9.17, 15) is 0 Å². The SMILES string of the molecule is Cc1ccc(-c2ccc3c(c2)c2ccccc2n3-c2ccc(-c3nc(-c4ccccc4)cc(-c4ccccc4)n3)cc2-c2nc(-c3ccccc3)nc(-c3ccccc3)n2)c(C)c1. The van der Waals surface area contributed by atoms with Gasteiger partial charge in [0.2, 0.25) is 0 Å². The first-order valence-corrected chi connectivity index (χ1v) is 21.2. The highest BCUT2D eigenvalue weighted by molar-refractivity contribution is 6.11. The Bertz CT molecular complexity index is 3340. The lowest BCUT2D eigenvalue weighted by molar-refractivity contribution is 1.06. The fraction of sp³-hybridized carbons (Fsp3) is 0.0351. The highest BCUT2D eigenvalue weighted by Gasteiger charge is 2.22. The lowest BCUT2D eigenvalue weighted by atomic mass is 9.97. The second kappa shape index (κ2) is 15.9. The Labute approximate surface area is 365 Å². The predicted molar refractivity (Wildman–Crippen MR) is 257 cm³/mol. The maximum absolute atomic E-state index is 5.29. The Kier molecular flexibility index (Phi) is 9.51. The van der Waals surface area contributed by atoms with Crippen LogP contribution in [0.2, 0.25) is 0 Å². The number of benzene rings is 8. The quantitative estimate of drug-likeness (QED) is 0.153. The summed E-state index contributed by atoms with van der Waals surface area (Å²) in [6, 6.07) is 71.4. The number of para-hydroxylation sites is 1. The van der Waals surface area contributed by atoms with Crippen LogP contribution in [-0.4, -0.2) is 29.5 Å². The topological polar surface area (TPSA) is 69.4 Å². The number of hydrogen-bond acceptors (Lipinski definition) is 5. The first kappa shape index (κ1) is 37.6. The van der Waals surface area contributed by atoms with Crippen molar-refractivity contribution in [2.75, 3.05) is 0 Å². The van der Waals surface area contributed by atoms with Gasteiger partial charge in [0.05, 0.1) is 28.1 Å². The van der Waals surface area contributed by atoms with E-state index in [4.69, 9.17) is 24.9 Å². The molecule has 0 bridgehead atoms. The van der Waals surface area contributed by atoms with Crippen molar-refractivity contribution in [3.05, 3.63) is 217 Å². The number of aryl methyl sites for hydroxylation is 2. The van der Waals surface area contributed by atoms with Gasteiger partial charge in [0, 0.05) is 44.2 Å². The summed E-state index contributed by atoms with van der Waals surface area (Å²) >= 11 is 0. The highest BCUT2D eigenvalue weighted by Crippen LogP contribution is 2.40. The van der Waals surface area contributed by atoms with Crippen LogP contribution in [0.5, 0.6) is 0 Å². The zero-order valence-electron chi connectivity index (χ0n) is 34.8. The molecule has 0 unspecified atom stereocenters. The smallest absolute Gasteiger partial charge is 0.166 e. The molecule has 0 saturated carbocycles. The van der Waals surface area contributed by atoms with Crippen LogP contribution in [0.25, 0.3) is 107 Å². The van der Waals surface area contributed by atoms with Gasteiger partial charge in [-0.05, 0) is 73.0 Å². The van der Waals surface area contributed by atoms with Gasteiger partial charge in [0.1, 0.15) is 0 Å². The molecule has 0 aliphatic heterocycles. The van der Waals surface area contributed by atoms with Crippen LogP contribution < -0.4 is 0 Å². The summed E-state index contributed by atoms with van der Waals surface area (Å²) in [4.78, 5) is 26.1. The van der Waals surface area contributed by atoms with Crippen LogP contribution in [0.4, 0.5) is 0 Å². The van der Waals surface area contributed by atoms with E-state index in [0.29, 0.717) is 23.3 Å². The summed E-state index contributed by atoms with van der Waals surface area (Å²) < 4.78 is 2.35. The van der Waals surface area contributed by atoms with Crippen molar-refractivity contribution >= 4 is 21.8 Å². The average molecular weight is 809 g/mol. The second-order valence-electron chi connectivity index (χ2n) is 15.9. The van der Waals surface area contributed by atoms with Crippen LogP contribution in [0.15, 0.2) is 206 Å². The summed E-state index contributed by atoms with van der Waals surface area (Å²) in [5.41, 5.74) is 15.2. The van der Waals surface area contributed by atoms with Gasteiger partial charge in [-0.15, -0.1) is 0 Å². The minimum atomic E-state index is 0.542. The van der Waals surface area contributed by atoms with Gasteiger partial charge in [0.15, 0.2) is 23.3 Å². The summed E-state index contributed by atoms with van der Waals surface area (Å²) in [5, 5.41) is 2.32. The number of aromatic nitrogens is 6. The number of rotatable bonds is 8. The Morgan fingerprint density at radius 3 is 1.43 bits per heavy atom. The van der Waals surface area contributed by atoms with Gasteiger partial charge in [-0.2, -0.15) is 0 Å². The van der Waals surface area contributed by atoms with Crippen LogP contribution in [-0.2, 0) is 0 Å². The van der Waals surface area contributed by atoms with Crippen molar-refractivity contribution < 1.29 is 0 Å². The molecule has 63 heavy (non-hydrogen) atoms. The summed E-state index contributed by atoms with van der Waals surface area (Å²) in [6.45, 7) is 4.33. The van der Waals surface area contributed by atoms with Crippen LogP contribution in [0.1, 0.15) is 11.1 Å². The zero-order valence-corrected chi connectivity index (χ0v) is 34.8. The molecule has 0 fully saturated rings. The molecular weight excluding hydrogens is 769 g/mol. The second-order valence-corrected chi connectivity index (χ2v) is 15.9. The lowest BCUT2D eigenvalue weighted by Gasteiger charge is -2.17. The first-order chi connectivity index (χ1) is 31.0. The fourth-order valence-corrected chi connectivity index (χ4v) is 8.61. The van der Waals surface area contributed by atoms with E-state index in [1.165, 1.54) is 22.3 Å². The molecule has 6 nitrogen and oxygen atoms in total. The molecule has 298 valence electrons. The zero-order chi connectivity index (χ0) is 42.3. The van der Waals surface area contributed by atoms with E-state index in [0.717, 1.165) is 72.3 Å². The summed E-state index contributed by atoms with van der Waals surface area (Å²) in [7, 11) is 0. The molecule has 0 radical (unpaired) electrons. The average Bonchev–Trinajstić information content (AvgIpc) is 3.68. The van der Waals surface area contributed by atoms with Gasteiger partial charge in [-0.1, -0.05) is 169 Å². The normalized spacial score (nSPS) is 11.3. The lowest BCUT2D eigenvalue weighted by Crippen LogP contribution is -2.04. The van der Waals surface area contributed by atoms with Crippen molar-refractivity contribution in [1.29, 1.82) is 0 Å². The molecule has 0 N–H and O–H groups in total. The van der Waals surface area contributed by atoms with Crippen molar-refractivity contribution in [3.8, 4) is 84.9 Å². The Hall–Kier alpha value is -8.35. The molecule has 0 aliphatic rings. The third kappa shape index (κ3) is 7.13. The minimum Gasteiger partial charge on any atom is -0.309 e. The number of fused-ring (bicyclic) bond motifs is 3. The van der Waals surface area contributed by atoms with Gasteiger partial charge in [-0.3, -0.25) is 0 Å². The molecule has 8 aromatic carbocycles. The van der Waals surface area contributed by atoms with Crippen LogP contribution in [0.3, 0.4) is 0 Å². The van der Waals surface area contributed by atoms with E-state index < -0.39 is 0 Å². The molecule has 0 saturated heterocycles. The van der Waals surface area contributed by atoms with Crippen molar-refractivity contribution in [1.82, 2.24) is 29.5 Å². The van der Waals surface area contributed by atoms with Gasteiger partial charge >= 0.3 is 0 Å². The van der Waals surface area contributed by atoms with Gasteiger partial charge in [0.25, 0.3) is 0 Å². The Morgan fingerprint density at radius 1 is 0.317 bits per heavy atom. The molecule has 3 aromatic heterocycles. The highest BCUT2D eigenvalue weighted by atomic mass is 15.1. The van der Waals surface area contributed by atoms with Gasteiger partial charge < -0.3 is 4.57 Å². The maximum atomic E-state index is 5.29. The van der Waals surface area contributed by atoms with Gasteiger partial charge in [-0.25, -0.2) is 24.9 Å². The summed E-state index contributed by atoms with van der Waals surface area (Å²) in [6.07, 6.45) is 0. The molecule has 6 heteroatoms. The van der Waals surface area contributed by atoms with Crippen LogP contribution >= 0.6 is 0 Å². The van der Waals surface area contributed by atoms with Crippen molar-refractivity contribution in [2.24, 2.45) is 0 Å². The Morgan fingerprint density at radius 2 is 0.825 bits per heavy atom. The van der Waals surface area contributed by atoms with E-state index in [1.54, 1.807) is 0 Å². The van der Waals surface area contributed by atoms with Crippen molar-refractivity contribution in [3.63, 3.8) is 0 Å². The molecule has 0 aliphatic carbocycles. The molecule has 0 amide bonds. The molecule has 0 atom stereocenters.